The summed E-state index contributed by atoms with van der Waals surface area (Å²) in [5.74, 6) is -2.17. The van der Waals surface area contributed by atoms with Gasteiger partial charge in [0.1, 0.15) is 5.82 Å². The Morgan fingerprint density at radius 2 is 1.86 bits per heavy atom. The fourth-order valence-electron chi connectivity index (χ4n) is 5.01. The molecule has 0 spiro atoms. The number of rotatable bonds is 10. The van der Waals surface area contributed by atoms with Crippen LogP contribution in [0, 0.1) is 5.82 Å². The molecule has 36 heavy (non-hydrogen) atoms. The van der Waals surface area contributed by atoms with E-state index in [4.69, 9.17) is 4.74 Å². The SMILES string of the molecule is COCCN1C(=O)C[C@](CC(=O)N(Cc2ccccc2)C[C@@H]2CCC(=O)N2)(c2ccccc2F)C1=O. The predicted molar refractivity (Wildman–Crippen MR) is 129 cm³/mol. The summed E-state index contributed by atoms with van der Waals surface area (Å²) in [6, 6.07) is 14.9. The van der Waals surface area contributed by atoms with Gasteiger partial charge in [0.2, 0.25) is 23.6 Å². The number of carbonyl (C=O) groups excluding carboxylic acids is 4. The second-order valence-corrected chi connectivity index (χ2v) is 9.32. The van der Waals surface area contributed by atoms with Crippen LogP contribution < -0.4 is 5.32 Å². The second-order valence-electron chi connectivity index (χ2n) is 9.32. The molecule has 4 rings (SSSR count). The van der Waals surface area contributed by atoms with E-state index in [1.54, 1.807) is 11.0 Å². The maximum Gasteiger partial charge on any atom is 0.241 e. The summed E-state index contributed by atoms with van der Waals surface area (Å²) in [5.41, 5.74) is -0.739. The van der Waals surface area contributed by atoms with E-state index in [9.17, 15) is 19.2 Å². The molecule has 190 valence electrons. The number of amides is 4. The molecule has 4 amide bonds. The minimum Gasteiger partial charge on any atom is -0.383 e. The number of hydrogen-bond acceptors (Lipinski definition) is 5. The molecule has 2 fully saturated rings. The molecule has 9 heteroatoms. The van der Waals surface area contributed by atoms with Crippen LogP contribution in [-0.2, 0) is 35.9 Å². The molecule has 2 aliphatic heterocycles. The second kappa shape index (κ2) is 11.0. The first kappa shape index (κ1) is 25.5. The third-order valence-corrected chi connectivity index (χ3v) is 6.86. The number of benzene rings is 2. The van der Waals surface area contributed by atoms with Gasteiger partial charge >= 0.3 is 0 Å². The van der Waals surface area contributed by atoms with Crippen molar-refractivity contribution in [3.05, 3.63) is 71.5 Å². The molecule has 8 nitrogen and oxygen atoms in total. The quantitative estimate of drug-likeness (QED) is 0.510. The van der Waals surface area contributed by atoms with Crippen molar-refractivity contribution in [2.24, 2.45) is 0 Å². The fourth-order valence-corrected chi connectivity index (χ4v) is 5.01. The van der Waals surface area contributed by atoms with Crippen molar-refractivity contribution in [1.82, 2.24) is 15.1 Å². The molecule has 0 aromatic heterocycles. The highest BCUT2D eigenvalue weighted by Crippen LogP contribution is 2.41. The van der Waals surface area contributed by atoms with Crippen LogP contribution in [-0.4, -0.2) is 66.3 Å². The zero-order valence-electron chi connectivity index (χ0n) is 20.2. The topological polar surface area (TPSA) is 96.0 Å². The molecule has 2 aromatic carbocycles. The summed E-state index contributed by atoms with van der Waals surface area (Å²) in [5, 5.41) is 2.88. The first-order valence-electron chi connectivity index (χ1n) is 12.0. The van der Waals surface area contributed by atoms with Gasteiger partial charge in [-0.2, -0.15) is 0 Å². The van der Waals surface area contributed by atoms with Crippen molar-refractivity contribution in [1.29, 1.82) is 0 Å². The summed E-state index contributed by atoms with van der Waals surface area (Å²) in [4.78, 5) is 54.8. The molecule has 2 atom stereocenters. The lowest BCUT2D eigenvalue weighted by Gasteiger charge is -2.32. The van der Waals surface area contributed by atoms with Crippen LogP contribution in [0.25, 0.3) is 0 Å². The van der Waals surface area contributed by atoms with Crippen molar-refractivity contribution in [2.75, 3.05) is 26.8 Å². The van der Waals surface area contributed by atoms with Crippen LogP contribution in [0.3, 0.4) is 0 Å². The fraction of sp³-hybridized carbons (Fsp3) is 0.407. The van der Waals surface area contributed by atoms with E-state index in [-0.39, 0.29) is 56.6 Å². The Morgan fingerprint density at radius 1 is 1.14 bits per heavy atom. The van der Waals surface area contributed by atoms with Gasteiger partial charge in [0.05, 0.1) is 18.6 Å². The number of methoxy groups -OCH3 is 1. The van der Waals surface area contributed by atoms with E-state index in [2.05, 4.69) is 5.32 Å². The molecular formula is C27H30FN3O5. The monoisotopic (exact) mass is 495 g/mol. The van der Waals surface area contributed by atoms with Crippen molar-refractivity contribution >= 4 is 23.6 Å². The molecule has 1 N–H and O–H groups in total. The molecule has 2 aromatic rings. The van der Waals surface area contributed by atoms with Crippen molar-refractivity contribution in [3.8, 4) is 0 Å². The van der Waals surface area contributed by atoms with Crippen molar-refractivity contribution in [2.45, 2.75) is 43.7 Å². The molecule has 0 unspecified atom stereocenters. The van der Waals surface area contributed by atoms with E-state index in [0.29, 0.717) is 12.8 Å². The Kier molecular flexibility index (Phi) is 7.79. The van der Waals surface area contributed by atoms with Crippen LogP contribution in [0.2, 0.25) is 0 Å². The zero-order chi connectivity index (χ0) is 25.7. The Bertz CT molecular complexity index is 1140. The summed E-state index contributed by atoms with van der Waals surface area (Å²) in [7, 11) is 1.46. The summed E-state index contributed by atoms with van der Waals surface area (Å²) >= 11 is 0. The van der Waals surface area contributed by atoms with Crippen LogP contribution >= 0.6 is 0 Å². The molecule has 2 aliphatic rings. The van der Waals surface area contributed by atoms with Crippen LogP contribution in [0.4, 0.5) is 4.39 Å². The first-order chi connectivity index (χ1) is 17.3. The molecule has 0 saturated carbocycles. The third-order valence-electron chi connectivity index (χ3n) is 6.86. The Labute approximate surface area is 209 Å². The third kappa shape index (κ3) is 5.31. The highest BCUT2D eigenvalue weighted by molar-refractivity contribution is 6.10. The molecule has 0 aliphatic carbocycles. The van der Waals surface area contributed by atoms with E-state index in [1.165, 1.54) is 25.3 Å². The van der Waals surface area contributed by atoms with E-state index >= 15 is 4.39 Å². The van der Waals surface area contributed by atoms with Gasteiger partial charge in [0.25, 0.3) is 0 Å². The maximum atomic E-state index is 15.1. The average Bonchev–Trinajstić information content (AvgIpc) is 3.38. The Morgan fingerprint density at radius 3 is 2.53 bits per heavy atom. The minimum atomic E-state index is -1.65. The number of carbonyl (C=O) groups is 4. The lowest BCUT2D eigenvalue weighted by Crippen LogP contribution is -2.47. The number of nitrogens with zero attached hydrogens (tertiary/aromatic N) is 2. The zero-order valence-corrected chi connectivity index (χ0v) is 20.2. The smallest absolute Gasteiger partial charge is 0.241 e. The van der Waals surface area contributed by atoms with Gasteiger partial charge in [0, 0.05) is 51.1 Å². The Balaban J connectivity index is 1.66. The van der Waals surface area contributed by atoms with E-state index in [0.717, 1.165) is 10.5 Å². The van der Waals surface area contributed by atoms with Gasteiger partial charge in [-0.05, 0) is 18.1 Å². The molecule has 0 bridgehead atoms. The summed E-state index contributed by atoms with van der Waals surface area (Å²) in [6.45, 7) is 0.679. The van der Waals surface area contributed by atoms with Gasteiger partial charge in [-0.25, -0.2) is 4.39 Å². The largest absolute Gasteiger partial charge is 0.383 e. The van der Waals surface area contributed by atoms with Gasteiger partial charge in [-0.1, -0.05) is 48.5 Å². The molecule has 2 heterocycles. The van der Waals surface area contributed by atoms with Crippen LogP contribution in [0.15, 0.2) is 54.6 Å². The van der Waals surface area contributed by atoms with Crippen molar-refractivity contribution < 1.29 is 28.3 Å². The van der Waals surface area contributed by atoms with E-state index in [1.807, 2.05) is 30.3 Å². The number of likely N-dealkylation sites (tertiary alicyclic amines) is 1. The van der Waals surface area contributed by atoms with Crippen molar-refractivity contribution in [3.63, 3.8) is 0 Å². The van der Waals surface area contributed by atoms with Gasteiger partial charge in [-0.3, -0.25) is 24.1 Å². The standard InChI is InChI=1S/C27H30FN3O5/c1-36-14-13-31-25(34)16-27(26(31)35,21-9-5-6-10-22(21)28)15-24(33)30(17-19-7-3-2-4-8-19)18-20-11-12-23(32)29-20/h2-10,20H,11-18H2,1H3,(H,29,32)/t20-,27+/m0/s1. The van der Waals surface area contributed by atoms with E-state index < -0.39 is 29.0 Å². The first-order valence-corrected chi connectivity index (χ1v) is 12.0. The Hall–Kier alpha value is -3.59. The number of ether oxygens (including phenoxy) is 1. The van der Waals surface area contributed by atoms with Gasteiger partial charge < -0.3 is 15.0 Å². The number of halogens is 1. The lowest BCUT2D eigenvalue weighted by molar-refractivity contribution is -0.143. The highest BCUT2D eigenvalue weighted by atomic mass is 19.1. The summed E-state index contributed by atoms with van der Waals surface area (Å²) in [6.07, 6.45) is 0.313. The molecular weight excluding hydrogens is 465 g/mol. The van der Waals surface area contributed by atoms with Gasteiger partial charge in [0.15, 0.2) is 0 Å². The lowest BCUT2D eigenvalue weighted by atomic mass is 9.75. The predicted octanol–water partition coefficient (Wildman–Crippen LogP) is 2.17. The van der Waals surface area contributed by atoms with Gasteiger partial charge in [-0.15, -0.1) is 0 Å². The number of imide groups is 1. The summed E-state index contributed by atoms with van der Waals surface area (Å²) < 4.78 is 20.1. The van der Waals surface area contributed by atoms with Crippen LogP contribution in [0.5, 0.6) is 0 Å². The molecule has 2 saturated heterocycles. The minimum absolute atomic E-state index is 0.0282. The van der Waals surface area contributed by atoms with Crippen LogP contribution in [0.1, 0.15) is 36.8 Å². The molecule has 0 radical (unpaired) electrons. The average molecular weight is 496 g/mol. The number of hydrogen-bond donors (Lipinski definition) is 1. The normalized spacial score (nSPS) is 21.7. The maximum absolute atomic E-state index is 15.1. The number of nitrogens with one attached hydrogen (secondary N) is 1. The highest BCUT2D eigenvalue weighted by Gasteiger charge is 2.55.